The van der Waals surface area contributed by atoms with E-state index in [-0.39, 0.29) is 0 Å². The first-order valence-corrected chi connectivity index (χ1v) is 6.30. The van der Waals surface area contributed by atoms with Crippen molar-refractivity contribution >= 4 is 0 Å². The lowest BCUT2D eigenvalue weighted by Crippen LogP contribution is -2.42. The van der Waals surface area contributed by atoms with Crippen LogP contribution in [-0.4, -0.2) is 6.04 Å². The Kier molecular flexibility index (Phi) is 5.34. The normalized spacial score (nSPS) is 28.7. The van der Waals surface area contributed by atoms with Gasteiger partial charge in [-0.3, -0.25) is 11.3 Å². The van der Waals surface area contributed by atoms with Crippen LogP contribution < -0.4 is 11.3 Å². The molecule has 88 valence electrons. The highest BCUT2D eigenvalue weighted by molar-refractivity contribution is 4.98. The standard InChI is InChI=1S/C13H26N2/c1-4-10(2)9-13(15-14)12-7-5-6-11(3)8-12/h11-13,15H,2,4-9,14H2,1,3H3. The van der Waals surface area contributed by atoms with Gasteiger partial charge in [-0.05, 0) is 37.5 Å². The number of nitrogens with two attached hydrogens (primary N) is 1. The Balaban J connectivity index is 2.45. The Morgan fingerprint density at radius 2 is 2.27 bits per heavy atom. The van der Waals surface area contributed by atoms with Crippen molar-refractivity contribution in [3.63, 3.8) is 0 Å². The van der Waals surface area contributed by atoms with Crippen LogP contribution >= 0.6 is 0 Å². The molecule has 0 radical (unpaired) electrons. The number of hydrogen-bond acceptors (Lipinski definition) is 2. The lowest BCUT2D eigenvalue weighted by atomic mass is 9.77. The molecule has 1 rings (SSSR count). The average Bonchev–Trinajstić information content (AvgIpc) is 2.25. The first-order chi connectivity index (χ1) is 7.17. The molecule has 0 aromatic rings. The zero-order valence-corrected chi connectivity index (χ0v) is 10.3. The maximum Gasteiger partial charge on any atom is 0.0275 e. The van der Waals surface area contributed by atoms with Crippen molar-refractivity contribution in [1.29, 1.82) is 0 Å². The van der Waals surface area contributed by atoms with Crippen LogP contribution in [0.4, 0.5) is 0 Å². The molecule has 1 aliphatic carbocycles. The minimum atomic E-state index is 0.445. The summed E-state index contributed by atoms with van der Waals surface area (Å²) >= 11 is 0. The molecule has 0 saturated heterocycles. The molecule has 3 unspecified atom stereocenters. The smallest absolute Gasteiger partial charge is 0.0275 e. The molecular weight excluding hydrogens is 184 g/mol. The number of nitrogens with one attached hydrogen (secondary N) is 1. The Labute approximate surface area is 94.3 Å². The monoisotopic (exact) mass is 210 g/mol. The van der Waals surface area contributed by atoms with E-state index in [0.717, 1.165) is 24.7 Å². The van der Waals surface area contributed by atoms with Gasteiger partial charge < -0.3 is 0 Å². The van der Waals surface area contributed by atoms with Gasteiger partial charge in [0.2, 0.25) is 0 Å². The van der Waals surface area contributed by atoms with E-state index >= 15 is 0 Å². The summed E-state index contributed by atoms with van der Waals surface area (Å²) in [6.45, 7) is 8.60. The van der Waals surface area contributed by atoms with Crippen LogP contribution in [0.5, 0.6) is 0 Å². The molecular formula is C13H26N2. The summed E-state index contributed by atoms with van der Waals surface area (Å²) < 4.78 is 0. The summed E-state index contributed by atoms with van der Waals surface area (Å²) in [5, 5.41) is 0. The van der Waals surface area contributed by atoms with Crippen LogP contribution in [-0.2, 0) is 0 Å². The predicted octanol–water partition coefficient (Wildman–Crippen LogP) is 3.00. The molecule has 0 aromatic heterocycles. The minimum absolute atomic E-state index is 0.445. The molecule has 0 bridgehead atoms. The van der Waals surface area contributed by atoms with Crippen LogP contribution in [0.1, 0.15) is 52.4 Å². The number of hydrazine groups is 1. The molecule has 0 aliphatic heterocycles. The van der Waals surface area contributed by atoms with Crippen molar-refractivity contribution < 1.29 is 0 Å². The molecule has 3 N–H and O–H groups in total. The average molecular weight is 210 g/mol. The molecule has 3 atom stereocenters. The fourth-order valence-corrected chi connectivity index (χ4v) is 2.66. The van der Waals surface area contributed by atoms with Crippen molar-refractivity contribution in [2.75, 3.05) is 0 Å². The molecule has 15 heavy (non-hydrogen) atoms. The van der Waals surface area contributed by atoms with Crippen LogP contribution in [0.15, 0.2) is 12.2 Å². The van der Waals surface area contributed by atoms with E-state index in [1.165, 1.54) is 31.3 Å². The Morgan fingerprint density at radius 1 is 1.53 bits per heavy atom. The van der Waals surface area contributed by atoms with Crippen molar-refractivity contribution in [3.8, 4) is 0 Å². The van der Waals surface area contributed by atoms with Gasteiger partial charge in [-0.1, -0.05) is 38.8 Å². The second kappa shape index (κ2) is 6.29. The van der Waals surface area contributed by atoms with Crippen molar-refractivity contribution in [1.82, 2.24) is 5.43 Å². The van der Waals surface area contributed by atoms with E-state index in [4.69, 9.17) is 5.84 Å². The Hall–Kier alpha value is -0.340. The minimum Gasteiger partial charge on any atom is -0.271 e. The van der Waals surface area contributed by atoms with Crippen LogP contribution in [0.25, 0.3) is 0 Å². The van der Waals surface area contributed by atoms with Crippen molar-refractivity contribution in [3.05, 3.63) is 12.2 Å². The van der Waals surface area contributed by atoms with Gasteiger partial charge in [0.1, 0.15) is 0 Å². The van der Waals surface area contributed by atoms with Gasteiger partial charge >= 0.3 is 0 Å². The topological polar surface area (TPSA) is 38.0 Å². The Morgan fingerprint density at radius 3 is 2.80 bits per heavy atom. The summed E-state index contributed by atoms with van der Waals surface area (Å²) in [6.07, 6.45) is 7.53. The third-order valence-corrected chi connectivity index (χ3v) is 3.77. The third-order valence-electron chi connectivity index (χ3n) is 3.77. The molecule has 1 fully saturated rings. The maximum absolute atomic E-state index is 5.66. The van der Waals surface area contributed by atoms with Gasteiger partial charge in [0.05, 0.1) is 0 Å². The lowest BCUT2D eigenvalue weighted by Gasteiger charge is -2.33. The second-order valence-corrected chi connectivity index (χ2v) is 5.11. The predicted molar refractivity (Wildman–Crippen MR) is 66.3 cm³/mol. The van der Waals surface area contributed by atoms with E-state index < -0.39 is 0 Å². The molecule has 1 aliphatic rings. The van der Waals surface area contributed by atoms with Crippen LogP contribution in [0.2, 0.25) is 0 Å². The van der Waals surface area contributed by atoms with E-state index in [2.05, 4.69) is 25.9 Å². The fraction of sp³-hybridized carbons (Fsp3) is 0.846. The lowest BCUT2D eigenvalue weighted by molar-refractivity contribution is 0.221. The zero-order chi connectivity index (χ0) is 11.3. The largest absolute Gasteiger partial charge is 0.271 e. The van der Waals surface area contributed by atoms with E-state index in [1.807, 2.05) is 0 Å². The summed E-state index contributed by atoms with van der Waals surface area (Å²) in [6, 6.07) is 0.445. The number of rotatable bonds is 5. The van der Waals surface area contributed by atoms with E-state index in [0.29, 0.717) is 6.04 Å². The highest BCUT2D eigenvalue weighted by atomic mass is 15.2. The fourth-order valence-electron chi connectivity index (χ4n) is 2.66. The van der Waals surface area contributed by atoms with Gasteiger partial charge in [0, 0.05) is 6.04 Å². The molecule has 2 nitrogen and oxygen atoms in total. The van der Waals surface area contributed by atoms with Crippen molar-refractivity contribution in [2.24, 2.45) is 17.7 Å². The van der Waals surface area contributed by atoms with Crippen LogP contribution in [0, 0.1) is 11.8 Å². The molecule has 0 amide bonds. The highest BCUT2D eigenvalue weighted by Gasteiger charge is 2.25. The highest BCUT2D eigenvalue weighted by Crippen LogP contribution is 2.32. The zero-order valence-electron chi connectivity index (χ0n) is 10.3. The Bertz CT molecular complexity index is 201. The summed E-state index contributed by atoms with van der Waals surface area (Å²) in [7, 11) is 0. The van der Waals surface area contributed by atoms with Gasteiger partial charge in [-0.2, -0.15) is 0 Å². The van der Waals surface area contributed by atoms with Gasteiger partial charge in [0.25, 0.3) is 0 Å². The van der Waals surface area contributed by atoms with E-state index in [9.17, 15) is 0 Å². The first kappa shape index (κ1) is 12.7. The molecule has 0 spiro atoms. The maximum atomic E-state index is 5.66. The van der Waals surface area contributed by atoms with Gasteiger partial charge in [-0.25, -0.2) is 0 Å². The number of hydrogen-bond donors (Lipinski definition) is 2. The third kappa shape index (κ3) is 3.96. The van der Waals surface area contributed by atoms with Crippen molar-refractivity contribution in [2.45, 2.75) is 58.4 Å². The summed E-state index contributed by atoms with van der Waals surface area (Å²) in [5.41, 5.74) is 4.31. The van der Waals surface area contributed by atoms with Crippen LogP contribution in [0.3, 0.4) is 0 Å². The second-order valence-electron chi connectivity index (χ2n) is 5.11. The molecule has 2 heteroatoms. The molecule has 0 aromatic carbocycles. The first-order valence-electron chi connectivity index (χ1n) is 6.30. The molecule has 0 heterocycles. The summed E-state index contributed by atoms with van der Waals surface area (Å²) in [5.74, 6) is 7.28. The van der Waals surface area contributed by atoms with E-state index in [1.54, 1.807) is 0 Å². The molecule has 1 saturated carbocycles. The summed E-state index contributed by atoms with van der Waals surface area (Å²) in [4.78, 5) is 0. The SMILES string of the molecule is C=C(CC)CC(NN)C1CCCC(C)C1. The quantitative estimate of drug-likeness (QED) is 0.416. The van der Waals surface area contributed by atoms with Gasteiger partial charge in [-0.15, -0.1) is 0 Å². The van der Waals surface area contributed by atoms with Gasteiger partial charge in [0.15, 0.2) is 0 Å².